The summed E-state index contributed by atoms with van der Waals surface area (Å²) in [6.45, 7) is 0.551. The lowest BCUT2D eigenvalue weighted by atomic mass is 10.0. The Balaban J connectivity index is 1.61. The molecule has 0 radical (unpaired) electrons. The van der Waals surface area contributed by atoms with Crippen molar-refractivity contribution in [2.45, 2.75) is 19.0 Å². The number of rotatable bonds is 3. The largest absolute Gasteiger partial charge is 0.389 e. The Morgan fingerprint density at radius 3 is 2.92 bits per heavy atom. The van der Waals surface area contributed by atoms with Gasteiger partial charge in [-0.05, 0) is 11.6 Å². The molecule has 3 aromatic heterocycles. The highest BCUT2D eigenvalue weighted by Gasteiger charge is 2.30. The molecule has 1 N–H and O–H groups in total. The molecule has 26 heavy (non-hydrogen) atoms. The Labute approximate surface area is 145 Å². The predicted molar refractivity (Wildman–Crippen MR) is 89.0 cm³/mol. The smallest absolute Gasteiger partial charge is 0.335 e. The molecule has 4 rings (SSSR count). The van der Waals surface area contributed by atoms with E-state index in [4.69, 9.17) is 0 Å². The maximum atomic E-state index is 12.3. The third-order valence-corrected chi connectivity index (χ3v) is 4.42. The van der Waals surface area contributed by atoms with E-state index in [-0.39, 0.29) is 6.54 Å². The van der Waals surface area contributed by atoms with Crippen molar-refractivity contribution in [1.82, 2.24) is 25.1 Å². The molecule has 0 atom stereocenters. The lowest BCUT2D eigenvalue weighted by Crippen LogP contribution is -2.29. The number of pyridine rings is 1. The molecule has 0 unspecified atom stereocenters. The maximum absolute atomic E-state index is 12.3. The van der Waals surface area contributed by atoms with Crippen molar-refractivity contribution >= 4 is 33.4 Å². The van der Waals surface area contributed by atoms with Crippen molar-refractivity contribution < 1.29 is 18.0 Å². The number of alkyl halides is 3. The molecule has 4 heterocycles. The first kappa shape index (κ1) is 16.5. The predicted octanol–water partition coefficient (Wildman–Crippen LogP) is 3.07. The van der Waals surface area contributed by atoms with Gasteiger partial charge < -0.3 is 4.90 Å². The number of halogens is 3. The first-order chi connectivity index (χ1) is 12.4. The number of hydrogen-bond acceptors (Lipinski definition) is 4. The molecule has 1 amide bonds. The number of aromatic amines is 1. The number of nitrogens with zero attached hydrogens (tertiary/aromatic N) is 4. The molecule has 0 spiro atoms. The van der Waals surface area contributed by atoms with Gasteiger partial charge >= 0.3 is 6.18 Å². The Kier molecular flexibility index (Phi) is 3.86. The van der Waals surface area contributed by atoms with Gasteiger partial charge in [-0.2, -0.15) is 18.3 Å². The molecule has 1 aliphatic rings. The molecule has 0 fully saturated rings. The minimum atomic E-state index is -4.33. The highest BCUT2D eigenvalue weighted by molar-refractivity contribution is 6.08. The topological polar surface area (TPSA) is 74.8 Å². The number of carbonyl (C=O) groups is 1. The van der Waals surface area contributed by atoms with Gasteiger partial charge in [0, 0.05) is 42.0 Å². The van der Waals surface area contributed by atoms with Gasteiger partial charge in [-0.25, -0.2) is 9.97 Å². The van der Waals surface area contributed by atoms with Crippen LogP contribution in [-0.2, 0) is 4.79 Å². The molecule has 9 heteroatoms. The van der Waals surface area contributed by atoms with Gasteiger partial charge in [-0.1, -0.05) is 6.08 Å². The summed E-state index contributed by atoms with van der Waals surface area (Å²) in [6, 6.07) is 1.85. The average Bonchev–Trinajstić information content (AvgIpc) is 3.27. The summed E-state index contributed by atoms with van der Waals surface area (Å²) in [5.41, 5.74) is 3.01. The summed E-state index contributed by atoms with van der Waals surface area (Å²) in [7, 11) is 0. The van der Waals surface area contributed by atoms with E-state index in [9.17, 15) is 18.0 Å². The Bertz CT molecular complexity index is 1020. The molecular weight excluding hydrogens is 347 g/mol. The fourth-order valence-electron chi connectivity index (χ4n) is 3.16. The molecule has 1 aliphatic heterocycles. The van der Waals surface area contributed by atoms with E-state index in [0.29, 0.717) is 12.2 Å². The Morgan fingerprint density at radius 2 is 2.12 bits per heavy atom. The zero-order chi connectivity index (χ0) is 18.3. The third-order valence-electron chi connectivity index (χ3n) is 4.42. The standard InChI is InChI=1S/C17H14F3N5O/c18-17(19,20)4-1-14(26)25-6-3-10(9-25)12-7-23-24-13-8-22-16-11(15(12)13)2-5-21-16/h2-3,5,7-8,24H,1,4,6,9H2. The van der Waals surface area contributed by atoms with Crippen LogP contribution in [0.3, 0.4) is 0 Å². The summed E-state index contributed by atoms with van der Waals surface area (Å²) < 4.78 is 37.0. The van der Waals surface area contributed by atoms with Crippen LogP contribution in [-0.4, -0.2) is 50.2 Å². The van der Waals surface area contributed by atoms with Gasteiger partial charge in [0.05, 0.1) is 24.3 Å². The molecule has 0 aromatic carbocycles. The van der Waals surface area contributed by atoms with Gasteiger partial charge in [0.25, 0.3) is 0 Å². The lowest BCUT2D eigenvalue weighted by molar-refractivity contribution is -0.148. The fraction of sp³-hybridized carbons (Fsp3) is 0.294. The average molecular weight is 361 g/mol. The first-order valence-electron chi connectivity index (χ1n) is 8.03. The number of amides is 1. The van der Waals surface area contributed by atoms with Crippen LogP contribution in [0.5, 0.6) is 0 Å². The SMILES string of the molecule is O=C(CCC(F)(F)F)N1CC=C(c2cn[nH]c3cnc4nccc4c23)C1. The monoisotopic (exact) mass is 361 g/mol. The van der Waals surface area contributed by atoms with Crippen LogP contribution in [0.1, 0.15) is 18.4 Å². The third kappa shape index (κ3) is 3.00. The number of fused-ring (bicyclic) bond motifs is 3. The second-order valence-electron chi connectivity index (χ2n) is 6.13. The molecule has 134 valence electrons. The van der Waals surface area contributed by atoms with Crippen molar-refractivity contribution in [3.8, 4) is 0 Å². The highest BCUT2D eigenvalue weighted by Crippen LogP contribution is 2.31. The van der Waals surface area contributed by atoms with E-state index in [1.54, 1.807) is 18.6 Å². The second-order valence-corrected chi connectivity index (χ2v) is 6.13. The number of nitrogens with one attached hydrogen (secondary N) is 1. The quantitative estimate of drug-likeness (QED) is 0.778. The molecule has 0 saturated carbocycles. The summed E-state index contributed by atoms with van der Waals surface area (Å²) in [4.78, 5) is 21.9. The van der Waals surface area contributed by atoms with Crippen LogP contribution in [0.15, 0.2) is 30.7 Å². The van der Waals surface area contributed by atoms with Gasteiger partial charge in [-0.15, -0.1) is 0 Å². The van der Waals surface area contributed by atoms with Crippen molar-refractivity contribution in [2.24, 2.45) is 0 Å². The zero-order valence-corrected chi connectivity index (χ0v) is 13.5. The van der Waals surface area contributed by atoms with Crippen molar-refractivity contribution in [2.75, 3.05) is 13.1 Å². The zero-order valence-electron chi connectivity index (χ0n) is 13.5. The Hall–Kier alpha value is -2.97. The minimum Gasteiger partial charge on any atom is -0.335 e. The van der Waals surface area contributed by atoms with Crippen molar-refractivity contribution in [1.29, 1.82) is 0 Å². The number of aromatic nitrogens is 4. The number of hydrogen-bond donors (Lipinski definition) is 1. The fourth-order valence-corrected chi connectivity index (χ4v) is 3.16. The minimum absolute atomic E-state index is 0.259. The first-order valence-corrected chi connectivity index (χ1v) is 8.03. The van der Waals surface area contributed by atoms with Gasteiger partial charge in [0.1, 0.15) is 0 Å². The lowest BCUT2D eigenvalue weighted by Gasteiger charge is -2.17. The van der Waals surface area contributed by atoms with E-state index in [1.807, 2.05) is 12.1 Å². The summed E-state index contributed by atoms with van der Waals surface area (Å²) in [5, 5.41) is 8.75. The number of carbonyl (C=O) groups excluding carboxylic acids is 1. The normalized spacial score (nSPS) is 15.0. The Morgan fingerprint density at radius 1 is 1.27 bits per heavy atom. The van der Waals surface area contributed by atoms with Crippen LogP contribution in [0, 0.1) is 0 Å². The van der Waals surface area contributed by atoms with Crippen LogP contribution in [0.25, 0.3) is 27.5 Å². The van der Waals surface area contributed by atoms with Crippen LogP contribution in [0.4, 0.5) is 13.2 Å². The van der Waals surface area contributed by atoms with Crippen LogP contribution in [0.2, 0.25) is 0 Å². The second kappa shape index (κ2) is 6.08. The van der Waals surface area contributed by atoms with Crippen molar-refractivity contribution in [3.63, 3.8) is 0 Å². The molecule has 0 bridgehead atoms. The summed E-state index contributed by atoms with van der Waals surface area (Å²) >= 11 is 0. The van der Waals surface area contributed by atoms with Crippen LogP contribution >= 0.6 is 0 Å². The van der Waals surface area contributed by atoms with E-state index < -0.39 is 24.9 Å². The molecular formula is C17H14F3N5O. The number of H-pyrrole nitrogens is 1. The summed E-state index contributed by atoms with van der Waals surface area (Å²) in [6.07, 6.45) is 0.848. The van der Waals surface area contributed by atoms with Gasteiger partial charge in [-0.3, -0.25) is 9.89 Å². The maximum Gasteiger partial charge on any atom is 0.389 e. The molecule has 0 saturated heterocycles. The van der Waals surface area contributed by atoms with Gasteiger partial charge in [0.15, 0.2) is 5.65 Å². The van der Waals surface area contributed by atoms with Crippen molar-refractivity contribution in [3.05, 3.63) is 36.3 Å². The summed E-state index contributed by atoms with van der Waals surface area (Å²) in [5.74, 6) is -0.505. The van der Waals surface area contributed by atoms with E-state index >= 15 is 0 Å². The van der Waals surface area contributed by atoms with E-state index in [0.717, 1.165) is 27.4 Å². The molecule has 0 aliphatic carbocycles. The molecule has 6 nitrogen and oxygen atoms in total. The molecule has 3 aromatic rings. The van der Waals surface area contributed by atoms with E-state index in [1.165, 1.54) is 4.90 Å². The highest BCUT2D eigenvalue weighted by atomic mass is 19.4. The van der Waals surface area contributed by atoms with E-state index in [2.05, 4.69) is 20.2 Å². The van der Waals surface area contributed by atoms with Gasteiger partial charge in [0.2, 0.25) is 5.91 Å². The van der Waals surface area contributed by atoms with Crippen LogP contribution < -0.4 is 0 Å².